The molecule has 0 atom stereocenters. The van der Waals surface area contributed by atoms with Gasteiger partial charge >= 0.3 is 0 Å². The van der Waals surface area contributed by atoms with E-state index in [4.69, 9.17) is 5.11 Å². The lowest BCUT2D eigenvalue weighted by molar-refractivity contribution is 0.273. The van der Waals surface area contributed by atoms with Crippen LogP contribution in [0.25, 0.3) is 11.1 Å². The minimum Gasteiger partial charge on any atom is -0.396 e. The fourth-order valence-corrected chi connectivity index (χ4v) is 3.25. The highest BCUT2D eigenvalue weighted by Gasteiger charge is 2.37. The maximum Gasteiger partial charge on any atom is 0.0431 e. The molecule has 0 saturated heterocycles. The van der Waals surface area contributed by atoms with Crippen LogP contribution in [0.3, 0.4) is 0 Å². The van der Waals surface area contributed by atoms with Crippen molar-refractivity contribution in [1.29, 1.82) is 0 Å². The van der Waals surface area contributed by atoms with Crippen LogP contribution < -0.4 is 0 Å². The number of rotatable bonds is 3. The van der Waals surface area contributed by atoms with Crippen LogP contribution in [0.15, 0.2) is 48.5 Å². The maximum absolute atomic E-state index is 9.14. The van der Waals surface area contributed by atoms with Crippen LogP contribution in [0, 0.1) is 0 Å². The molecule has 1 aliphatic carbocycles. The molecule has 1 aliphatic rings. The highest BCUT2D eigenvalue weighted by atomic mass is 16.2. The van der Waals surface area contributed by atoms with Gasteiger partial charge in [0.05, 0.1) is 0 Å². The normalized spacial score (nSPS) is 15.2. The van der Waals surface area contributed by atoms with Crippen LogP contribution in [0.2, 0.25) is 0 Å². The number of fused-ring (bicyclic) bond motifs is 3. The second-order valence-electron chi connectivity index (χ2n) is 5.25. The topological polar surface area (TPSA) is 20.2 Å². The molecule has 0 saturated carbocycles. The summed E-state index contributed by atoms with van der Waals surface area (Å²) in [4.78, 5) is 0. The van der Waals surface area contributed by atoms with Crippen molar-refractivity contribution in [2.45, 2.75) is 25.2 Å². The van der Waals surface area contributed by atoms with Gasteiger partial charge in [-0.3, -0.25) is 0 Å². The Labute approximate surface area is 108 Å². The van der Waals surface area contributed by atoms with Gasteiger partial charge in [0.25, 0.3) is 0 Å². The Morgan fingerprint density at radius 2 is 1.39 bits per heavy atom. The summed E-state index contributed by atoms with van der Waals surface area (Å²) in [6.45, 7) is 2.56. The summed E-state index contributed by atoms with van der Waals surface area (Å²) in [5.41, 5.74) is 5.57. The first-order chi connectivity index (χ1) is 8.77. The Kier molecular flexibility index (Phi) is 2.71. The Balaban J connectivity index is 2.20. The number of aliphatic hydroxyl groups is 1. The van der Waals surface area contributed by atoms with Gasteiger partial charge in [0.15, 0.2) is 0 Å². The van der Waals surface area contributed by atoms with Crippen LogP contribution in [0.4, 0.5) is 0 Å². The molecule has 0 bridgehead atoms. The first-order valence-electron chi connectivity index (χ1n) is 6.57. The smallest absolute Gasteiger partial charge is 0.0431 e. The van der Waals surface area contributed by atoms with Crippen molar-refractivity contribution in [2.75, 3.05) is 6.61 Å². The van der Waals surface area contributed by atoms with E-state index in [0.717, 1.165) is 12.8 Å². The van der Waals surface area contributed by atoms with Gasteiger partial charge in [0.1, 0.15) is 0 Å². The summed E-state index contributed by atoms with van der Waals surface area (Å²) in [6, 6.07) is 17.3. The lowest BCUT2D eigenvalue weighted by atomic mass is 9.76. The third kappa shape index (κ3) is 1.51. The van der Waals surface area contributed by atoms with Crippen LogP contribution in [-0.4, -0.2) is 11.7 Å². The highest BCUT2D eigenvalue weighted by Crippen LogP contribution is 2.50. The fourth-order valence-electron chi connectivity index (χ4n) is 3.25. The molecule has 3 rings (SSSR count). The molecule has 1 heteroatoms. The number of hydrogen-bond donors (Lipinski definition) is 1. The minimum absolute atomic E-state index is 0.0515. The van der Waals surface area contributed by atoms with Crippen molar-refractivity contribution < 1.29 is 5.11 Å². The number of aliphatic hydroxyl groups excluding tert-OH is 1. The molecule has 18 heavy (non-hydrogen) atoms. The molecule has 1 N–H and O–H groups in total. The molecule has 0 heterocycles. The van der Waals surface area contributed by atoms with E-state index in [1.165, 1.54) is 22.3 Å². The van der Waals surface area contributed by atoms with E-state index in [9.17, 15) is 0 Å². The zero-order chi connectivity index (χ0) is 12.6. The van der Waals surface area contributed by atoms with E-state index in [0.29, 0.717) is 0 Å². The first-order valence-corrected chi connectivity index (χ1v) is 6.57. The summed E-state index contributed by atoms with van der Waals surface area (Å²) in [5.74, 6) is 0. The SMILES string of the molecule is CC1(CCCO)c2ccccc2-c2ccccc21. The van der Waals surface area contributed by atoms with E-state index in [1.807, 2.05) is 0 Å². The van der Waals surface area contributed by atoms with Crippen molar-refractivity contribution in [3.8, 4) is 11.1 Å². The second-order valence-corrected chi connectivity index (χ2v) is 5.25. The molecule has 0 amide bonds. The zero-order valence-corrected chi connectivity index (χ0v) is 10.7. The summed E-state index contributed by atoms with van der Waals surface area (Å²) in [6.07, 6.45) is 1.84. The van der Waals surface area contributed by atoms with Crippen LogP contribution >= 0.6 is 0 Å². The largest absolute Gasteiger partial charge is 0.396 e. The maximum atomic E-state index is 9.14. The molecular weight excluding hydrogens is 220 g/mol. The highest BCUT2D eigenvalue weighted by molar-refractivity contribution is 5.80. The number of benzene rings is 2. The third-order valence-electron chi connectivity index (χ3n) is 4.17. The van der Waals surface area contributed by atoms with Gasteiger partial charge in [-0.25, -0.2) is 0 Å². The quantitative estimate of drug-likeness (QED) is 0.863. The van der Waals surface area contributed by atoms with E-state index in [-0.39, 0.29) is 12.0 Å². The predicted molar refractivity (Wildman–Crippen MR) is 74.7 cm³/mol. The molecule has 92 valence electrons. The Bertz CT molecular complexity index is 526. The van der Waals surface area contributed by atoms with Crippen molar-refractivity contribution in [1.82, 2.24) is 0 Å². The van der Waals surface area contributed by atoms with Gasteiger partial charge in [-0.05, 0) is 35.1 Å². The van der Waals surface area contributed by atoms with Crippen LogP contribution in [0.1, 0.15) is 30.9 Å². The van der Waals surface area contributed by atoms with Gasteiger partial charge in [0, 0.05) is 12.0 Å². The Morgan fingerprint density at radius 1 is 0.889 bits per heavy atom. The van der Waals surface area contributed by atoms with Gasteiger partial charge in [-0.1, -0.05) is 55.5 Å². The van der Waals surface area contributed by atoms with Crippen molar-refractivity contribution >= 4 is 0 Å². The number of hydrogen-bond acceptors (Lipinski definition) is 1. The van der Waals surface area contributed by atoms with E-state index in [2.05, 4.69) is 55.5 Å². The molecule has 1 nitrogen and oxygen atoms in total. The molecular formula is C17H18O. The van der Waals surface area contributed by atoms with E-state index in [1.54, 1.807) is 0 Å². The monoisotopic (exact) mass is 238 g/mol. The lowest BCUT2D eigenvalue weighted by Crippen LogP contribution is -2.21. The standard InChI is InChI=1S/C17H18O/c1-17(11-6-12-18)15-9-4-2-7-13(15)14-8-3-5-10-16(14)17/h2-5,7-10,18H,6,11-12H2,1H3. The van der Waals surface area contributed by atoms with Gasteiger partial charge in [-0.15, -0.1) is 0 Å². The molecule has 0 aromatic heterocycles. The third-order valence-corrected chi connectivity index (χ3v) is 4.17. The molecule has 2 aromatic carbocycles. The van der Waals surface area contributed by atoms with Crippen molar-refractivity contribution in [3.05, 3.63) is 59.7 Å². The molecule has 0 radical (unpaired) electrons. The first kappa shape index (κ1) is 11.5. The predicted octanol–water partition coefficient (Wildman–Crippen LogP) is 3.75. The van der Waals surface area contributed by atoms with E-state index >= 15 is 0 Å². The van der Waals surface area contributed by atoms with Crippen molar-refractivity contribution in [2.24, 2.45) is 0 Å². The van der Waals surface area contributed by atoms with Crippen LogP contribution in [0.5, 0.6) is 0 Å². The summed E-state index contributed by atoms with van der Waals surface area (Å²) in [7, 11) is 0. The molecule has 0 fully saturated rings. The van der Waals surface area contributed by atoms with E-state index < -0.39 is 0 Å². The summed E-state index contributed by atoms with van der Waals surface area (Å²) >= 11 is 0. The summed E-state index contributed by atoms with van der Waals surface area (Å²) < 4.78 is 0. The molecule has 2 aromatic rings. The average Bonchev–Trinajstić information content (AvgIpc) is 2.69. The fraction of sp³-hybridized carbons (Fsp3) is 0.294. The van der Waals surface area contributed by atoms with Gasteiger partial charge in [0.2, 0.25) is 0 Å². The van der Waals surface area contributed by atoms with Crippen molar-refractivity contribution in [3.63, 3.8) is 0 Å². The Hall–Kier alpha value is -1.60. The van der Waals surface area contributed by atoms with Gasteiger partial charge in [-0.2, -0.15) is 0 Å². The molecule has 0 unspecified atom stereocenters. The summed E-state index contributed by atoms with van der Waals surface area (Å²) in [5, 5.41) is 9.14. The average molecular weight is 238 g/mol. The molecule has 0 spiro atoms. The zero-order valence-electron chi connectivity index (χ0n) is 10.7. The Morgan fingerprint density at radius 3 is 1.89 bits per heavy atom. The molecule has 0 aliphatic heterocycles. The second kappa shape index (κ2) is 4.25. The lowest BCUT2D eigenvalue weighted by Gasteiger charge is -2.27. The van der Waals surface area contributed by atoms with Gasteiger partial charge < -0.3 is 5.11 Å². The van der Waals surface area contributed by atoms with Crippen LogP contribution in [-0.2, 0) is 5.41 Å². The minimum atomic E-state index is 0.0515.